The smallest absolute Gasteiger partial charge is 0.223 e. The predicted molar refractivity (Wildman–Crippen MR) is 89.7 cm³/mol. The first-order valence-electron chi connectivity index (χ1n) is 8.89. The fraction of sp³-hybridized carbons (Fsp3) is 0.632. The molecule has 0 aromatic heterocycles. The van der Waals surface area contributed by atoms with E-state index in [1.807, 2.05) is 0 Å². The Balaban J connectivity index is 1.62. The first-order valence-corrected chi connectivity index (χ1v) is 8.89. The Morgan fingerprint density at radius 2 is 2.00 bits per heavy atom. The van der Waals surface area contributed by atoms with Gasteiger partial charge in [-0.1, -0.05) is 50.5 Å². The van der Waals surface area contributed by atoms with Crippen LogP contribution in [0.25, 0.3) is 0 Å². The summed E-state index contributed by atoms with van der Waals surface area (Å²) in [6.45, 7) is 2.94. The van der Waals surface area contributed by atoms with Gasteiger partial charge in [0.2, 0.25) is 5.91 Å². The first-order chi connectivity index (χ1) is 10.8. The number of hydrogen-bond acceptors (Lipinski definition) is 2. The maximum absolute atomic E-state index is 12.4. The van der Waals surface area contributed by atoms with Crippen molar-refractivity contribution < 1.29 is 4.79 Å². The van der Waals surface area contributed by atoms with E-state index >= 15 is 0 Å². The molecule has 1 saturated carbocycles. The summed E-state index contributed by atoms with van der Waals surface area (Å²) in [7, 11) is 0. The Hall–Kier alpha value is -1.35. The number of nitrogens with one attached hydrogen (secondary N) is 2. The third-order valence-corrected chi connectivity index (χ3v) is 5.28. The summed E-state index contributed by atoms with van der Waals surface area (Å²) in [6, 6.07) is 9.42. The zero-order chi connectivity index (χ0) is 15.4. The van der Waals surface area contributed by atoms with Crippen LogP contribution in [0.5, 0.6) is 0 Å². The normalized spacial score (nSPS) is 25.5. The van der Waals surface area contributed by atoms with Gasteiger partial charge in [-0.05, 0) is 36.8 Å². The molecule has 1 heterocycles. The van der Waals surface area contributed by atoms with Gasteiger partial charge in [0, 0.05) is 18.5 Å². The molecule has 1 aromatic rings. The minimum absolute atomic E-state index is 0.245. The fourth-order valence-corrected chi connectivity index (χ4v) is 3.90. The number of hydrogen-bond donors (Lipinski definition) is 2. The molecule has 0 bridgehead atoms. The highest BCUT2D eigenvalue weighted by Gasteiger charge is 2.26. The number of carbonyl (C=O) groups is 1. The van der Waals surface area contributed by atoms with Crippen LogP contribution in [0, 0.1) is 5.92 Å². The molecule has 1 aliphatic carbocycles. The van der Waals surface area contributed by atoms with Crippen molar-refractivity contribution >= 4 is 5.91 Å². The molecule has 0 radical (unpaired) electrons. The van der Waals surface area contributed by atoms with E-state index in [4.69, 9.17) is 0 Å². The van der Waals surface area contributed by atoms with Gasteiger partial charge in [0.1, 0.15) is 0 Å². The van der Waals surface area contributed by atoms with Crippen molar-refractivity contribution in [3.8, 4) is 0 Å². The van der Waals surface area contributed by atoms with E-state index in [1.54, 1.807) is 0 Å². The molecular weight excluding hydrogens is 272 g/mol. The van der Waals surface area contributed by atoms with Crippen LogP contribution < -0.4 is 10.6 Å². The second-order valence-corrected chi connectivity index (χ2v) is 6.81. The molecule has 2 aliphatic rings. The van der Waals surface area contributed by atoms with Crippen LogP contribution >= 0.6 is 0 Å². The third kappa shape index (κ3) is 3.52. The van der Waals surface area contributed by atoms with Crippen LogP contribution in [-0.2, 0) is 11.2 Å². The highest BCUT2D eigenvalue weighted by molar-refractivity contribution is 5.78. The van der Waals surface area contributed by atoms with Crippen molar-refractivity contribution in [1.82, 2.24) is 10.6 Å². The number of carbonyl (C=O) groups excluding carboxylic acids is 1. The van der Waals surface area contributed by atoms with Crippen molar-refractivity contribution in [1.29, 1.82) is 0 Å². The molecule has 22 heavy (non-hydrogen) atoms. The average Bonchev–Trinajstić information content (AvgIpc) is 2.59. The van der Waals surface area contributed by atoms with Crippen LogP contribution in [0.3, 0.4) is 0 Å². The van der Waals surface area contributed by atoms with Gasteiger partial charge < -0.3 is 10.6 Å². The monoisotopic (exact) mass is 300 g/mol. The second kappa shape index (κ2) is 7.28. The molecule has 3 rings (SSSR count). The van der Waals surface area contributed by atoms with E-state index in [-0.39, 0.29) is 17.9 Å². The highest BCUT2D eigenvalue weighted by Crippen LogP contribution is 2.27. The van der Waals surface area contributed by atoms with Crippen molar-refractivity contribution in [3.63, 3.8) is 0 Å². The summed E-state index contributed by atoms with van der Waals surface area (Å²) in [5, 5.41) is 6.91. The molecule has 1 fully saturated rings. The summed E-state index contributed by atoms with van der Waals surface area (Å²) in [5.41, 5.74) is 2.79. The molecule has 1 amide bonds. The molecule has 0 saturated heterocycles. The standard InChI is InChI=1S/C19H28N2O/c1-2-16-12-15-10-6-7-11-17(15)18(21-16)13-20-19(22)14-8-4-3-5-9-14/h6-7,10-11,14,16,18,21H,2-5,8-9,12-13H2,1H3,(H,20,22). The number of amides is 1. The first kappa shape index (κ1) is 15.5. The molecule has 120 valence electrons. The van der Waals surface area contributed by atoms with E-state index in [9.17, 15) is 4.79 Å². The lowest BCUT2D eigenvalue weighted by atomic mass is 9.87. The fourth-order valence-electron chi connectivity index (χ4n) is 3.90. The SMILES string of the molecule is CCC1Cc2ccccc2C(CNC(=O)C2CCCCC2)N1. The van der Waals surface area contributed by atoms with Crippen LogP contribution in [0.1, 0.15) is 62.6 Å². The molecule has 0 spiro atoms. The summed E-state index contributed by atoms with van der Waals surface area (Å²) in [5.74, 6) is 0.507. The van der Waals surface area contributed by atoms with Crippen LogP contribution in [0.2, 0.25) is 0 Å². The largest absolute Gasteiger partial charge is 0.354 e. The molecular formula is C19H28N2O. The van der Waals surface area contributed by atoms with Gasteiger partial charge in [-0.2, -0.15) is 0 Å². The number of rotatable bonds is 4. The van der Waals surface area contributed by atoms with E-state index in [0.717, 1.165) is 25.7 Å². The van der Waals surface area contributed by atoms with Crippen molar-refractivity contribution in [3.05, 3.63) is 35.4 Å². The Kier molecular flexibility index (Phi) is 5.14. The van der Waals surface area contributed by atoms with Gasteiger partial charge in [0.05, 0.1) is 6.04 Å². The average molecular weight is 300 g/mol. The third-order valence-electron chi connectivity index (χ3n) is 5.28. The van der Waals surface area contributed by atoms with Crippen LogP contribution in [0.15, 0.2) is 24.3 Å². The minimum Gasteiger partial charge on any atom is -0.354 e. The van der Waals surface area contributed by atoms with Crippen molar-refractivity contribution in [2.75, 3.05) is 6.54 Å². The van der Waals surface area contributed by atoms with Crippen molar-refractivity contribution in [2.45, 2.75) is 64.0 Å². The Bertz CT molecular complexity index is 508. The lowest BCUT2D eigenvalue weighted by molar-refractivity contribution is -0.126. The van der Waals surface area contributed by atoms with E-state index in [1.165, 1.54) is 30.4 Å². The summed E-state index contributed by atoms with van der Waals surface area (Å²) in [6.07, 6.45) is 8.07. The topological polar surface area (TPSA) is 41.1 Å². The van der Waals surface area contributed by atoms with Gasteiger partial charge in [0.15, 0.2) is 0 Å². The molecule has 2 unspecified atom stereocenters. The molecule has 1 aromatic carbocycles. The predicted octanol–water partition coefficient (Wildman–Crippen LogP) is 3.35. The number of fused-ring (bicyclic) bond motifs is 1. The Morgan fingerprint density at radius 1 is 1.23 bits per heavy atom. The Labute approximate surface area is 133 Å². The van der Waals surface area contributed by atoms with Gasteiger partial charge in [-0.15, -0.1) is 0 Å². The summed E-state index contributed by atoms with van der Waals surface area (Å²) in [4.78, 5) is 12.4. The molecule has 3 heteroatoms. The zero-order valence-electron chi connectivity index (χ0n) is 13.6. The molecule has 2 atom stereocenters. The van der Waals surface area contributed by atoms with E-state index < -0.39 is 0 Å². The van der Waals surface area contributed by atoms with Gasteiger partial charge in [-0.25, -0.2) is 0 Å². The lowest BCUT2D eigenvalue weighted by Crippen LogP contribution is -2.45. The maximum atomic E-state index is 12.4. The minimum atomic E-state index is 0.245. The lowest BCUT2D eigenvalue weighted by Gasteiger charge is -2.33. The van der Waals surface area contributed by atoms with Gasteiger partial charge in [0.25, 0.3) is 0 Å². The van der Waals surface area contributed by atoms with Gasteiger partial charge >= 0.3 is 0 Å². The molecule has 2 N–H and O–H groups in total. The van der Waals surface area contributed by atoms with Gasteiger partial charge in [-0.3, -0.25) is 4.79 Å². The molecule has 3 nitrogen and oxygen atoms in total. The quantitative estimate of drug-likeness (QED) is 0.895. The van der Waals surface area contributed by atoms with Crippen LogP contribution in [-0.4, -0.2) is 18.5 Å². The number of benzene rings is 1. The van der Waals surface area contributed by atoms with Crippen LogP contribution in [0.4, 0.5) is 0 Å². The van der Waals surface area contributed by atoms with E-state index in [2.05, 4.69) is 41.8 Å². The summed E-state index contributed by atoms with van der Waals surface area (Å²) < 4.78 is 0. The highest BCUT2D eigenvalue weighted by atomic mass is 16.1. The Morgan fingerprint density at radius 3 is 2.77 bits per heavy atom. The second-order valence-electron chi connectivity index (χ2n) is 6.81. The van der Waals surface area contributed by atoms with Crippen molar-refractivity contribution in [2.24, 2.45) is 5.92 Å². The zero-order valence-corrected chi connectivity index (χ0v) is 13.6. The maximum Gasteiger partial charge on any atom is 0.223 e. The van der Waals surface area contributed by atoms with E-state index in [0.29, 0.717) is 12.6 Å². The summed E-state index contributed by atoms with van der Waals surface area (Å²) >= 11 is 0. The molecule has 1 aliphatic heterocycles.